The number of benzene rings is 2. The van der Waals surface area contributed by atoms with Gasteiger partial charge >= 0.3 is 6.18 Å². The molecular weight excluding hydrogens is 413 g/mol. The standard InChI is InChI=1S/C18H14BrF3N2O2/c19-14-4-2-1-3-12(14)17(26)24-15-8-7-11(9-13(15)18(20,21)22)23-16(25)10-5-6-10/h1-4,7-10H,5-6H2,(H,23,25)(H,24,26). The van der Waals surface area contributed by atoms with Crippen LogP contribution in [0, 0.1) is 5.92 Å². The van der Waals surface area contributed by atoms with Crippen molar-refractivity contribution in [1.29, 1.82) is 0 Å². The molecule has 8 heteroatoms. The fraction of sp³-hybridized carbons (Fsp3) is 0.222. The molecule has 1 fully saturated rings. The van der Waals surface area contributed by atoms with Gasteiger partial charge in [0.25, 0.3) is 5.91 Å². The van der Waals surface area contributed by atoms with Gasteiger partial charge in [0.2, 0.25) is 5.91 Å². The Kier molecular flexibility index (Phi) is 5.04. The van der Waals surface area contributed by atoms with Crippen LogP contribution < -0.4 is 10.6 Å². The highest BCUT2D eigenvalue weighted by molar-refractivity contribution is 9.10. The molecule has 26 heavy (non-hydrogen) atoms. The van der Waals surface area contributed by atoms with Gasteiger partial charge in [0.05, 0.1) is 16.8 Å². The van der Waals surface area contributed by atoms with Gasteiger partial charge in [0, 0.05) is 16.1 Å². The fourth-order valence-electron chi connectivity index (χ4n) is 2.39. The number of rotatable bonds is 4. The van der Waals surface area contributed by atoms with Gasteiger partial charge in [-0.3, -0.25) is 9.59 Å². The van der Waals surface area contributed by atoms with E-state index in [0.717, 1.165) is 25.0 Å². The molecule has 0 bridgehead atoms. The van der Waals surface area contributed by atoms with E-state index in [-0.39, 0.29) is 28.8 Å². The van der Waals surface area contributed by atoms with E-state index < -0.39 is 17.6 Å². The van der Waals surface area contributed by atoms with Crippen molar-refractivity contribution in [3.8, 4) is 0 Å². The SMILES string of the molecule is O=C(Nc1ccc(NC(=O)C2CC2)cc1C(F)(F)F)c1ccccc1Br. The monoisotopic (exact) mass is 426 g/mol. The lowest BCUT2D eigenvalue weighted by Crippen LogP contribution is -2.18. The first-order valence-corrected chi connectivity index (χ1v) is 8.63. The summed E-state index contributed by atoms with van der Waals surface area (Å²) >= 11 is 3.20. The quantitative estimate of drug-likeness (QED) is 0.716. The number of carbonyl (C=O) groups excluding carboxylic acids is 2. The van der Waals surface area contributed by atoms with Crippen LogP contribution in [0.1, 0.15) is 28.8 Å². The first kappa shape index (κ1) is 18.4. The van der Waals surface area contributed by atoms with E-state index in [4.69, 9.17) is 0 Å². The summed E-state index contributed by atoms with van der Waals surface area (Å²) in [6.45, 7) is 0. The molecule has 4 nitrogen and oxygen atoms in total. The van der Waals surface area contributed by atoms with Gasteiger partial charge in [-0.05, 0) is 59.1 Å². The maximum atomic E-state index is 13.4. The zero-order valence-corrected chi connectivity index (χ0v) is 14.9. The minimum Gasteiger partial charge on any atom is -0.326 e. The molecule has 0 saturated heterocycles. The van der Waals surface area contributed by atoms with E-state index in [1.165, 1.54) is 12.1 Å². The van der Waals surface area contributed by atoms with Crippen molar-refractivity contribution in [2.75, 3.05) is 10.6 Å². The second-order valence-electron chi connectivity index (χ2n) is 5.96. The number of anilines is 2. The third-order valence-corrected chi connectivity index (χ3v) is 4.60. The first-order chi connectivity index (χ1) is 12.3. The normalized spacial score (nSPS) is 14.0. The van der Waals surface area contributed by atoms with Crippen molar-refractivity contribution in [3.63, 3.8) is 0 Å². The fourth-order valence-corrected chi connectivity index (χ4v) is 2.86. The molecule has 0 radical (unpaired) electrons. The topological polar surface area (TPSA) is 58.2 Å². The Labute approximate surface area is 155 Å². The summed E-state index contributed by atoms with van der Waals surface area (Å²) in [5.74, 6) is -1.08. The average Bonchev–Trinajstić information content (AvgIpc) is 3.40. The van der Waals surface area contributed by atoms with E-state index in [1.807, 2.05) is 0 Å². The van der Waals surface area contributed by atoms with Gasteiger partial charge in [0.1, 0.15) is 0 Å². The Hall–Kier alpha value is -2.35. The lowest BCUT2D eigenvalue weighted by molar-refractivity contribution is -0.137. The van der Waals surface area contributed by atoms with Crippen molar-refractivity contribution >= 4 is 39.1 Å². The maximum Gasteiger partial charge on any atom is 0.418 e. The molecular formula is C18H14BrF3N2O2. The van der Waals surface area contributed by atoms with Gasteiger partial charge in [-0.2, -0.15) is 13.2 Å². The van der Waals surface area contributed by atoms with Crippen LogP contribution in [0.25, 0.3) is 0 Å². The minimum atomic E-state index is -4.68. The van der Waals surface area contributed by atoms with Crippen LogP contribution >= 0.6 is 15.9 Å². The molecule has 136 valence electrons. The molecule has 0 spiro atoms. The second kappa shape index (κ2) is 7.11. The lowest BCUT2D eigenvalue weighted by atomic mass is 10.1. The Balaban J connectivity index is 1.87. The zero-order valence-electron chi connectivity index (χ0n) is 13.4. The van der Waals surface area contributed by atoms with Crippen molar-refractivity contribution in [1.82, 2.24) is 0 Å². The number of hydrogen-bond donors (Lipinski definition) is 2. The predicted octanol–water partition coefficient (Wildman–Crippen LogP) is 5.07. The smallest absolute Gasteiger partial charge is 0.326 e. The summed E-state index contributed by atoms with van der Waals surface area (Å²) in [6, 6.07) is 9.73. The highest BCUT2D eigenvalue weighted by Crippen LogP contribution is 2.37. The van der Waals surface area contributed by atoms with E-state index in [0.29, 0.717) is 4.47 Å². The van der Waals surface area contributed by atoms with Crippen LogP contribution in [-0.4, -0.2) is 11.8 Å². The molecule has 2 amide bonds. The van der Waals surface area contributed by atoms with E-state index in [1.54, 1.807) is 18.2 Å². The molecule has 0 atom stereocenters. The number of hydrogen-bond acceptors (Lipinski definition) is 2. The Morgan fingerprint density at radius 2 is 1.73 bits per heavy atom. The van der Waals surface area contributed by atoms with Crippen LogP contribution in [0.15, 0.2) is 46.9 Å². The van der Waals surface area contributed by atoms with E-state index >= 15 is 0 Å². The average molecular weight is 427 g/mol. The van der Waals surface area contributed by atoms with Gasteiger partial charge in [-0.25, -0.2) is 0 Å². The molecule has 0 heterocycles. The zero-order chi connectivity index (χ0) is 18.9. The molecule has 0 aliphatic heterocycles. The summed E-state index contributed by atoms with van der Waals surface area (Å²) < 4.78 is 40.7. The summed E-state index contributed by atoms with van der Waals surface area (Å²) in [7, 11) is 0. The Morgan fingerprint density at radius 1 is 1.04 bits per heavy atom. The Morgan fingerprint density at radius 3 is 2.35 bits per heavy atom. The van der Waals surface area contributed by atoms with Gasteiger partial charge < -0.3 is 10.6 Å². The van der Waals surface area contributed by atoms with Crippen molar-refractivity contribution < 1.29 is 22.8 Å². The van der Waals surface area contributed by atoms with Crippen LogP contribution in [-0.2, 0) is 11.0 Å². The second-order valence-corrected chi connectivity index (χ2v) is 6.81. The minimum absolute atomic E-state index is 0.0492. The number of nitrogens with one attached hydrogen (secondary N) is 2. The predicted molar refractivity (Wildman–Crippen MR) is 94.9 cm³/mol. The third kappa shape index (κ3) is 4.24. The summed E-state index contributed by atoms with van der Waals surface area (Å²) in [4.78, 5) is 24.0. The molecule has 0 unspecified atom stereocenters. The summed E-state index contributed by atoms with van der Waals surface area (Å²) in [5, 5.41) is 4.77. The lowest BCUT2D eigenvalue weighted by Gasteiger charge is -2.16. The van der Waals surface area contributed by atoms with Gasteiger partial charge in [-0.15, -0.1) is 0 Å². The van der Waals surface area contributed by atoms with E-state index in [9.17, 15) is 22.8 Å². The molecule has 1 aliphatic rings. The van der Waals surface area contributed by atoms with Crippen LogP contribution in [0.3, 0.4) is 0 Å². The van der Waals surface area contributed by atoms with Crippen LogP contribution in [0.4, 0.5) is 24.5 Å². The van der Waals surface area contributed by atoms with E-state index in [2.05, 4.69) is 26.6 Å². The number of amides is 2. The first-order valence-electron chi connectivity index (χ1n) is 7.83. The van der Waals surface area contributed by atoms with Gasteiger partial charge in [0.15, 0.2) is 0 Å². The maximum absolute atomic E-state index is 13.4. The molecule has 1 saturated carbocycles. The molecule has 3 rings (SSSR count). The van der Waals surface area contributed by atoms with Crippen LogP contribution in [0.5, 0.6) is 0 Å². The van der Waals surface area contributed by atoms with Crippen molar-refractivity contribution in [2.24, 2.45) is 5.92 Å². The van der Waals surface area contributed by atoms with Crippen molar-refractivity contribution in [3.05, 3.63) is 58.1 Å². The summed E-state index contributed by atoms with van der Waals surface area (Å²) in [6.07, 6.45) is -3.19. The molecule has 2 N–H and O–H groups in total. The highest BCUT2D eigenvalue weighted by atomic mass is 79.9. The third-order valence-electron chi connectivity index (χ3n) is 3.91. The molecule has 2 aromatic rings. The molecule has 2 aromatic carbocycles. The highest BCUT2D eigenvalue weighted by Gasteiger charge is 2.35. The summed E-state index contributed by atoms with van der Waals surface area (Å²) in [5.41, 5.74) is -1.13. The number of halogens is 4. The number of carbonyl (C=O) groups is 2. The molecule has 1 aliphatic carbocycles. The Bertz CT molecular complexity index is 864. The largest absolute Gasteiger partial charge is 0.418 e. The molecule has 0 aromatic heterocycles. The van der Waals surface area contributed by atoms with Gasteiger partial charge in [-0.1, -0.05) is 12.1 Å². The van der Waals surface area contributed by atoms with Crippen molar-refractivity contribution in [2.45, 2.75) is 19.0 Å². The van der Waals surface area contributed by atoms with Crippen LogP contribution in [0.2, 0.25) is 0 Å². The number of alkyl halides is 3.